The second-order valence-corrected chi connectivity index (χ2v) is 12.0. The molecule has 0 aliphatic heterocycles. The van der Waals surface area contributed by atoms with Crippen LogP contribution in [0.3, 0.4) is 0 Å². The van der Waals surface area contributed by atoms with Gasteiger partial charge in [0, 0.05) is 18.7 Å². The van der Waals surface area contributed by atoms with Crippen LogP contribution >= 0.6 is 11.6 Å². The average molecular weight is 363 g/mol. The largest absolute Gasteiger partial charge is 0.348 e. The van der Waals surface area contributed by atoms with Gasteiger partial charge in [-0.3, -0.25) is 14.9 Å². The summed E-state index contributed by atoms with van der Waals surface area (Å²) >= 11 is 6.25. The molecule has 0 fully saturated rings. The van der Waals surface area contributed by atoms with E-state index in [9.17, 15) is 14.9 Å². The average Bonchev–Trinajstić information content (AvgIpc) is 2.52. The lowest BCUT2D eigenvalue weighted by Crippen LogP contribution is -2.43. The van der Waals surface area contributed by atoms with Gasteiger partial charge in [-0.2, -0.15) is 0 Å². The Hall–Kier alpha value is -2.18. The third-order valence-electron chi connectivity index (χ3n) is 3.65. The highest BCUT2D eigenvalue weighted by molar-refractivity contribution is 6.89. The maximum atomic E-state index is 12.6. The number of hydrogen-bond acceptors (Lipinski definition) is 3. The Bertz CT molecular complexity index is 770. The van der Waals surface area contributed by atoms with E-state index in [0.717, 1.165) is 10.8 Å². The van der Waals surface area contributed by atoms with Crippen molar-refractivity contribution >= 4 is 36.5 Å². The van der Waals surface area contributed by atoms with Crippen molar-refractivity contribution in [2.75, 3.05) is 0 Å². The number of benzene rings is 2. The van der Waals surface area contributed by atoms with Crippen LogP contribution < -0.4 is 10.5 Å². The molecular weight excluding hydrogens is 344 g/mol. The number of nitrogens with one attached hydrogen (secondary N) is 1. The quantitative estimate of drug-likeness (QED) is 0.500. The van der Waals surface area contributed by atoms with E-state index in [2.05, 4.69) is 25.0 Å². The van der Waals surface area contributed by atoms with Crippen LogP contribution in [0.1, 0.15) is 15.9 Å². The highest BCUT2D eigenvalue weighted by atomic mass is 35.5. The van der Waals surface area contributed by atoms with E-state index in [4.69, 9.17) is 11.6 Å². The van der Waals surface area contributed by atoms with Crippen molar-refractivity contribution in [3.8, 4) is 0 Å². The van der Waals surface area contributed by atoms with Crippen LogP contribution in [0.25, 0.3) is 0 Å². The Labute approximate surface area is 146 Å². The van der Waals surface area contributed by atoms with E-state index in [1.807, 2.05) is 12.1 Å². The summed E-state index contributed by atoms with van der Waals surface area (Å²) in [5.41, 5.74) is 1.34. The molecule has 5 nitrogen and oxygen atoms in total. The zero-order valence-corrected chi connectivity index (χ0v) is 15.6. The number of nitrogens with zero attached hydrogens (tertiary/aromatic N) is 1. The van der Waals surface area contributed by atoms with Gasteiger partial charge in [-0.05, 0) is 16.8 Å². The Morgan fingerprint density at radius 2 is 1.79 bits per heavy atom. The lowest BCUT2D eigenvalue weighted by molar-refractivity contribution is -0.384. The standard InChI is InChI=1S/C17H19ClN2O3Si/c1-24(2,3)15-6-4-5-14(18)16(15)17(21)19-11-12-7-9-13(10-8-12)20(22)23/h4-10H,11H2,1-3H3,(H,19,21). The second-order valence-electron chi connectivity index (χ2n) is 6.52. The summed E-state index contributed by atoms with van der Waals surface area (Å²) < 4.78 is 0. The van der Waals surface area contributed by atoms with Gasteiger partial charge in [0.05, 0.1) is 23.6 Å². The lowest BCUT2D eigenvalue weighted by Gasteiger charge is -2.21. The number of carbonyl (C=O) groups excluding carboxylic acids is 1. The van der Waals surface area contributed by atoms with Crippen molar-refractivity contribution in [3.63, 3.8) is 0 Å². The summed E-state index contributed by atoms with van der Waals surface area (Å²) in [5.74, 6) is -0.226. The zero-order chi connectivity index (χ0) is 17.9. The Morgan fingerprint density at radius 1 is 1.17 bits per heavy atom. The van der Waals surface area contributed by atoms with Gasteiger partial charge in [-0.15, -0.1) is 0 Å². The summed E-state index contributed by atoms with van der Waals surface area (Å²) in [4.78, 5) is 22.8. The molecule has 0 saturated carbocycles. The predicted octanol–water partition coefficient (Wildman–Crippen LogP) is 3.72. The van der Waals surface area contributed by atoms with Crippen LogP contribution in [0.2, 0.25) is 24.7 Å². The van der Waals surface area contributed by atoms with E-state index in [1.54, 1.807) is 18.2 Å². The third-order valence-corrected chi connectivity index (χ3v) is 6.00. The number of nitro groups is 1. The first-order chi connectivity index (χ1) is 11.2. The van der Waals surface area contributed by atoms with Crippen LogP contribution in [0.5, 0.6) is 0 Å². The van der Waals surface area contributed by atoms with Gasteiger partial charge in [0.25, 0.3) is 11.6 Å². The molecule has 2 aromatic rings. The van der Waals surface area contributed by atoms with Crippen molar-refractivity contribution in [2.24, 2.45) is 0 Å². The number of amides is 1. The minimum atomic E-state index is -1.72. The molecular formula is C17H19ClN2O3Si. The van der Waals surface area contributed by atoms with Gasteiger partial charge in [-0.1, -0.05) is 55.5 Å². The molecule has 2 aromatic carbocycles. The van der Waals surface area contributed by atoms with Crippen LogP contribution in [-0.4, -0.2) is 18.9 Å². The number of nitro benzene ring substituents is 1. The number of rotatable bonds is 5. The van der Waals surface area contributed by atoms with E-state index in [-0.39, 0.29) is 18.1 Å². The number of carbonyl (C=O) groups is 1. The molecule has 0 aliphatic rings. The summed E-state index contributed by atoms with van der Waals surface area (Å²) in [6.07, 6.45) is 0. The van der Waals surface area contributed by atoms with Gasteiger partial charge in [0.2, 0.25) is 0 Å². The first-order valence-corrected chi connectivity index (χ1v) is 11.4. The first-order valence-electron chi connectivity index (χ1n) is 7.50. The molecule has 0 radical (unpaired) electrons. The first kappa shape index (κ1) is 18.2. The molecule has 0 heterocycles. The maximum absolute atomic E-state index is 12.6. The number of hydrogen-bond donors (Lipinski definition) is 1. The molecule has 126 valence electrons. The van der Waals surface area contributed by atoms with E-state index < -0.39 is 13.0 Å². The molecule has 0 spiro atoms. The Morgan fingerprint density at radius 3 is 2.33 bits per heavy atom. The highest BCUT2D eigenvalue weighted by Gasteiger charge is 2.25. The van der Waals surface area contributed by atoms with Crippen molar-refractivity contribution in [3.05, 3.63) is 68.7 Å². The van der Waals surface area contributed by atoms with Gasteiger partial charge < -0.3 is 5.32 Å². The monoisotopic (exact) mass is 362 g/mol. The summed E-state index contributed by atoms with van der Waals surface area (Å²) in [7, 11) is -1.72. The van der Waals surface area contributed by atoms with Crippen molar-refractivity contribution in [1.29, 1.82) is 0 Å². The van der Waals surface area contributed by atoms with Crippen molar-refractivity contribution in [1.82, 2.24) is 5.32 Å². The molecule has 0 bridgehead atoms. The normalized spacial score (nSPS) is 11.2. The summed E-state index contributed by atoms with van der Waals surface area (Å²) in [6, 6.07) is 11.6. The maximum Gasteiger partial charge on any atom is 0.269 e. The molecule has 0 aromatic heterocycles. The van der Waals surface area contributed by atoms with Crippen molar-refractivity contribution in [2.45, 2.75) is 26.2 Å². The molecule has 0 saturated heterocycles. The predicted molar refractivity (Wildman–Crippen MR) is 98.7 cm³/mol. The van der Waals surface area contributed by atoms with Gasteiger partial charge in [0.15, 0.2) is 0 Å². The molecule has 1 amide bonds. The van der Waals surface area contributed by atoms with E-state index in [1.165, 1.54) is 12.1 Å². The number of halogens is 1. The molecule has 7 heteroatoms. The van der Waals surface area contributed by atoms with Crippen LogP contribution in [0, 0.1) is 10.1 Å². The molecule has 1 N–H and O–H groups in total. The SMILES string of the molecule is C[Si](C)(C)c1cccc(Cl)c1C(=O)NCc1ccc([N+](=O)[O-])cc1. The molecule has 0 unspecified atom stereocenters. The summed E-state index contributed by atoms with van der Waals surface area (Å²) in [6.45, 7) is 6.76. The van der Waals surface area contributed by atoms with Crippen LogP contribution in [-0.2, 0) is 6.54 Å². The fourth-order valence-electron chi connectivity index (χ4n) is 2.39. The fraction of sp³-hybridized carbons (Fsp3) is 0.235. The van der Waals surface area contributed by atoms with E-state index in [0.29, 0.717) is 10.6 Å². The smallest absolute Gasteiger partial charge is 0.269 e. The molecule has 2 rings (SSSR count). The molecule has 24 heavy (non-hydrogen) atoms. The Kier molecular flexibility index (Phi) is 5.41. The van der Waals surface area contributed by atoms with Crippen molar-refractivity contribution < 1.29 is 9.72 Å². The van der Waals surface area contributed by atoms with Gasteiger partial charge in [0.1, 0.15) is 0 Å². The minimum Gasteiger partial charge on any atom is -0.348 e. The van der Waals surface area contributed by atoms with Crippen LogP contribution in [0.15, 0.2) is 42.5 Å². The molecule has 0 atom stereocenters. The van der Waals surface area contributed by atoms with E-state index >= 15 is 0 Å². The molecule has 0 aliphatic carbocycles. The van der Waals surface area contributed by atoms with Gasteiger partial charge in [-0.25, -0.2) is 0 Å². The lowest BCUT2D eigenvalue weighted by atomic mass is 10.1. The van der Waals surface area contributed by atoms with Crippen LogP contribution in [0.4, 0.5) is 5.69 Å². The Balaban J connectivity index is 2.17. The topological polar surface area (TPSA) is 72.2 Å². The number of non-ortho nitro benzene ring substituents is 1. The van der Waals surface area contributed by atoms with Gasteiger partial charge >= 0.3 is 0 Å². The highest BCUT2D eigenvalue weighted by Crippen LogP contribution is 2.18. The minimum absolute atomic E-state index is 0.0252. The summed E-state index contributed by atoms with van der Waals surface area (Å²) in [5, 5.41) is 15.0. The third kappa shape index (κ3) is 4.21. The fourth-order valence-corrected chi connectivity index (χ4v) is 4.32. The second kappa shape index (κ2) is 7.15. The zero-order valence-electron chi connectivity index (χ0n) is 13.8.